The number of sulfone groups is 1. The lowest BCUT2D eigenvalue weighted by molar-refractivity contribution is -0.384. The fraction of sp³-hybridized carbons (Fsp3) is 0.263. The van der Waals surface area contributed by atoms with Gasteiger partial charge in [0.2, 0.25) is 5.91 Å². The molecule has 0 bridgehead atoms. The molecule has 30 heavy (non-hydrogen) atoms. The molecule has 11 heteroatoms. The predicted octanol–water partition coefficient (Wildman–Crippen LogP) is 2.84. The average Bonchev–Trinajstić information content (AvgIpc) is 3.02. The molecule has 0 aliphatic heterocycles. The number of nitrogens with zero attached hydrogens (tertiary/aromatic N) is 3. The maximum Gasteiger partial charge on any atom is 0.271 e. The zero-order valence-corrected chi connectivity index (χ0v) is 17.9. The molecule has 0 saturated carbocycles. The lowest BCUT2D eigenvalue weighted by Gasteiger charge is -2.05. The number of ether oxygens (including phenoxy) is 1. The van der Waals surface area contributed by atoms with E-state index >= 15 is 0 Å². The van der Waals surface area contributed by atoms with E-state index in [4.69, 9.17) is 4.74 Å². The lowest BCUT2D eigenvalue weighted by atomic mass is 10.3. The van der Waals surface area contributed by atoms with Gasteiger partial charge in [-0.25, -0.2) is 8.42 Å². The Morgan fingerprint density at radius 3 is 2.57 bits per heavy atom. The molecule has 3 aromatic rings. The number of hydrogen-bond donors (Lipinski definition) is 0. The van der Waals surface area contributed by atoms with Crippen molar-refractivity contribution in [2.24, 2.45) is 12.0 Å². The first-order chi connectivity index (χ1) is 14.2. The van der Waals surface area contributed by atoms with Crippen molar-refractivity contribution < 1.29 is 22.9 Å². The average molecular weight is 450 g/mol. The number of amides is 1. The second-order valence-corrected chi connectivity index (χ2v) is 9.57. The van der Waals surface area contributed by atoms with Crippen LogP contribution in [0, 0.1) is 10.1 Å². The highest BCUT2D eigenvalue weighted by atomic mass is 32.2. The van der Waals surface area contributed by atoms with Gasteiger partial charge < -0.3 is 9.30 Å². The van der Waals surface area contributed by atoms with Gasteiger partial charge in [0.05, 0.1) is 32.9 Å². The van der Waals surface area contributed by atoms with Crippen molar-refractivity contribution in [2.45, 2.75) is 17.7 Å². The van der Waals surface area contributed by atoms with Crippen molar-refractivity contribution in [1.82, 2.24) is 4.57 Å². The summed E-state index contributed by atoms with van der Waals surface area (Å²) in [6.07, 6.45) is 0.112. The summed E-state index contributed by atoms with van der Waals surface area (Å²) in [6, 6.07) is 10.5. The van der Waals surface area contributed by atoms with Gasteiger partial charge in [0, 0.05) is 25.6 Å². The molecule has 0 saturated heterocycles. The minimum absolute atomic E-state index is 0.0240. The largest absolute Gasteiger partial charge is 0.497 e. The van der Waals surface area contributed by atoms with Crippen LogP contribution in [0.3, 0.4) is 0 Å². The molecule has 0 aliphatic rings. The highest BCUT2D eigenvalue weighted by Gasteiger charge is 2.15. The summed E-state index contributed by atoms with van der Waals surface area (Å²) in [5, 5.41) is 10.9. The molecule has 1 amide bonds. The van der Waals surface area contributed by atoms with E-state index in [-0.39, 0.29) is 29.2 Å². The first kappa shape index (κ1) is 21.7. The summed E-state index contributed by atoms with van der Waals surface area (Å²) in [6.45, 7) is 0. The van der Waals surface area contributed by atoms with Gasteiger partial charge in [0.15, 0.2) is 14.6 Å². The van der Waals surface area contributed by atoms with Crippen LogP contribution in [0.4, 0.5) is 5.69 Å². The molecule has 0 unspecified atom stereocenters. The molecule has 3 rings (SSSR count). The highest BCUT2D eigenvalue weighted by molar-refractivity contribution is 7.91. The van der Waals surface area contributed by atoms with E-state index in [2.05, 4.69) is 4.99 Å². The fourth-order valence-corrected chi connectivity index (χ4v) is 5.14. The molecule has 0 spiro atoms. The van der Waals surface area contributed by atoms with E-state index in [1.54, 1.807) is 29.8 Å². The SMILES string of the molecule is COc1ccc(S(=O)(=O)CCCC(=O)N=c2sc3ccc([N+](=O)[O-])cc3n2C)cc1. The van der Waals surface area contributed by atoms with Crippen molar-refractivity contribution in [3.63, 3.8) is 0 Å². The van der Waals surface area contributed by atoms with Crippen LogP contribution in [0.25, 0.3) is 10.2 Å². The Morgan fingerprint density at radius 1 is 1.23 bits per heavy atom. The van der Waals surface area contributed by atoms with Crippen molar-refractivity contribution >= 4 is 43.0 Å². The van der Waals surface area contributed by atoms with Crippen LogP contribution in [0.2, 0.25) is 0 Å². The second kappa shape index (κ2) is 8.76. The Labute approximate surface area is 176 Å². The Hall–Kier alpha value is -3.05. The molecule has 0 radical (unpaired) electrons. The van der Waals surface area contributed by atoms with Crippen molar-refractivity contribution in [1.29, 1.82) is 0 Å². The summed E-state index contributed by atoms with van der Waals surface area (Å²) in [5.41, 5.74) is 0.556. The topological polar surface area (TPSA) is 121 Å². The number of nitro benzene ring substituents is 1. The highest BCUT2D eigenvalue weighted by Crippen LogP contribution is 2.22. The maximum atomic E-state index is 12.4. The molecule has 0 atom stereocenters. The number of carbonyl (C=O) groups is 1. The minimum atomic E-state index is -3.51. The first-order valence-corrected chi connectivity index (χ1v) is 11.4. The number of carbonyl (C=O) groups excluding carboxylic acids is 1. The van der Waals surface area contributed by atoms with E-state index in [1.165, 1.54) is 42.7 Å². The Balaban J connectivity index is 1.69. The molecular formula is C19H19N3O6S2. The van der Waals surface area contributed by atoms with Gasteiger partial charge >= 0.3 is 0 Å². The maximum absolute atomic E-state index is 12.4. The smallest absolute Gasteiger partial charge is 0.271 e. The number of fused-ring (bicyclic) bond motifs is 1. The van der Waals surface area contributed by atoms with Crippen LogP contribution in [0.5, 0.6) is 5.75 Å². The third-order valence-corrected chi connectivity index (χ3v) is 7.37. The molecule has 0 aliphatic carbocycles. The first-order valence-electron chi connectivity index (χ1n) is 8.89. The van der Waals surface area contributed by atoms with Crippen LogP contribution in [0.15, 0.2) is 52.4 Å². The Kier molecular flexibility index (Phi) is 6.32. The van der Waals surface area contributed by atoms with E-state index in [1.807, 2.05) is 0 Å². The number of thiazole rings is 1. The fourth-order valence-electron chi connectivity index (χ4n) is 2.81. The van der Waals surface area contributed by atoms with Gasteiger partial charge in [-0.3, -0.25) is 14.9 Å². The van der Waals surface area contributed by atoms with E-state index in [0.717, 1.165) is 4.70 Å². The third-order valence-electron chi connectivity index (χ3n) is 4.45. The molecule has 0 N–H and O–H groups in total. The van der Waals surface area contributed by atoms with E-state index < -0.39 is 20.7 Å². The van der Waals surface area contributed by atoms with Crippen LogP contribution < -0.4 is 9.54 Å². The summed E-state index contributed by atoms with van der Waals surface area (Å²) >= 11 is 1.23. The molecule has 0 fully saturated rings. The van der Waals surface area contributed by atoms with Crippen molar-refractivity contribution in [2.75, 3.05) is 12.9 Å². The van der Waals surface area contributed by atoms with Crippen LogP contribution in [-0.4, -0.2) is 36.7 Å². The van der Waals surface area contributed by atoms with Gasteiger partial charge in [-0.2, -0.15) is 4.99 Å². The number of hydrogen-bond acceptors (Lipinski definition) is 7. The standard InChI is InChI=1S/C19H19N3O6S2/c1-21-16-12-13(22(24)25)5-10-17(16)29-19(21)20-18(23)4-3-11-30(26,27)15-8-6-14(28-2)7-9-15/h5-10,12H,3-4,11H2,1-2H3. The van der Waals surface area contributed by atoms with Crippen molar-refractivity contribution in [3.8, 4) is 5.75 Å². The van der Waals surface area contributed by atoms with Gasteiger partial charge in [-0.1, -0.05) is 11.3 Å². The predicted molar refractivity (Wildman–Crippen MR) is 112 cm³/mol. The molecule has 9 nitrogen and oxygen atoms in total. The molecule has 1 aromatic heterocycles. The van der Waals surface area contributed by atoms with E-state index in [0.29, 0.717) is 16.1 Å². The zero-order chi connectivity index (χ0) is 21.9. The monoisotopic (exact) mass is 449 g/mol. The Bertz CT molecular complexity index is 1270. The number of nitro groups is 1. The molecule has 2 aromatic carbocycles. The number of benzene rings is 2. The minimum Gasteiger partial charge on any atom is -0.497 e. The number of aryl methyl sites for hydroxylation is 1. The van der Waals surface area contributed by atoms with Gasteiger partial charge in [-0.05, 0) is 36.8 Å². The normalized spacial score (nSPS) is 12.3. The summed E-state index contributed by atoms with van der Waals surface area (Å²) in [5.74, 6) is -0.0632. The molecule has 1 heterocycles. The quantitative estimate of drug-likeness (QED) is 0.404. The number of aromatic nitrogens is 1. The third kappa shape index (κ3) is 4.74. The number of non-ortho nitro benzene ring substituents is 1. The van der Waals surface area contributed by atoms with Gasteiger partial charge in [0.25, 0.3) is 5.69 Å². The summed E-state index contributed by atoms with van der Waals surface area (Å²) < 4.78 is 32.2. The lowest BCUT2D eigenvalue weighted by Crippen LogP contribution is -2.14. The Morgan fingerprint density at radius 2 is 1.93 bits per heavy atom. The van der Waals surface area contributed by atoms with Crippen LogP contribution in [-0.2, 0) is 21.7 Å². The summed E-state index contributed by atoms with van der Waals surface area (Å²) in [4.78, 5) is 27.3. The molecular weight excluding hydrogens is 430 g/mol. The molecule has 158 valence electrons. The second-order valence-electron chi connectivity index (χ2n) is 6.46. The van der Waals surface area contributed by atoms with E-state index in [9.17, 15) is 23.3 Å². The van der Waals surface area contributed by atoms with Gasteiger partial charge in [-0.15, -0.1) is 0 Å². The van der Waals surface area contributed by atoms with Crippen LogP contribution >= 0.6 is 11.3 Å². The van der Waals surface area contributed by atoms with Gasteiger partial charge in [0.1, 0.15) is 5.75 Å². The number of methoxy groups -OCH3 is 1. The summed E-state index contributed by atoms with van der Waals surface area (Å²) in [7, 11) is -0.345. The number of rotatable bonds is 7. The zero-order valence-electron chi connectivity index (χ0n) is 16.3. The van der Waals surface area contributed by atoms with Crippen molar-refractivity contribution in [3.05, 3.63) is 57.4 Å². The van der Waals surface area contributed by atoms with Crippen LogP contribution in [0.1, 0.15) is 12.8 Å².